The van der Waals surface area contributed by atoms with E-state index >= 15 is 0 Å². The number of nitrogens with one attached hydrogen (secondary N) is 1. The Bertz CT molecular complexity index is 734. The first-order valence-corrected chi connectivity index (χ1v) is 8.06. The summed E-state index contributed by atoms with van der Waals surface area (Å²) in [6.07, 6.45) is 1.93. The van der Waals surface area contributed by atoms with Crippen molar-refractivity contribution in [1.82, 2.24) is 10.3 Å². The van der Waals surface area contributed by atoms with E-state index in [1.165, 1.54) is 4.88 Å². The summed E-state index contributed by atoms with van der Waals surface area (Å²) >= 11 is 5.20. The normalized spacial score (nSPS) is 12.9. The minimum atomic E-state index is 0.170. The molecule has 3 aromatic rings. The largest absolute Gasteiger partial charge is 0.459 e. The Hall–Kier alpha value is -1.17. The van der Waals surface area contributed by atoms with Gasteiger partial charge in [0.15, 0.2) is 0 Å². The van der Waals surface area contributed by atoms with Crippen molar-refractivity contribution >= 4 is 38.2 Å². The van der Waals surface area contributed by atoms with Gasteiger partial charge in [0.25, 0.3) is 0 Å². The lowest BCUT2D eigenvalue weighted by atomic mass is 10.2. The van der Waals surface area contributed by atoms with E-state index in [1.54, 1.807) is 11.3 Å². The second kappa shape index (κ2) is 5.68. The average molecular weight is 351 g/mol. The molecule has 1 aromatic carbocycles. The highest BCUT2D eigenvalue weighted by atomic mass is 79.9. The second-order valence-electron chi connectivity index (χ2n) is 4.78. The molecule has 0 aliphatic carbocycles. The van der Waals surface area contributed by atoms with E-state index in [0.29, 0.717) is 0 Å². The topological polar surface area (TPSA) is 38.1 Å². The van der Waals surface area contributed by atoms with Crippen LogP contribution in [0.1, 0.15) is 28.6 Å². The number of aromatic nitrogens is 1. The fraction of sp³-hybridized carbons (Fsp3) is 0.267. The van der Waals surface area contributed by atoms with E-state index in [2.05, 4.69) is 45.3 Å². The molecule has 1 unspecified atom stereocenters. The lowest BCUT2D eigenvalue weighted by Crippen LogP contribution is -2.16. The molecule has 1 atom stereocenters. The van der Waals surface area contributed by atoms with Crippen molar-refractivity contribution in [2.24, 2.45) is 0 Å². The highest BCUT2D eigenvalue weighted by Gasteiger charge is 2.12. The number of benzene rings is 1. The van der Waals surface area contributed by atoms with Crippen LogP contribution in [-0.4, -0.2) is 4.98 Å². The maximum absolute atomic E-state index is 5.88. The maximum Gasteiger partial charge on any atom is 0.134 e. The number of fused-ring (bicyclic) bond motifs is 1. The summed E-state index contributed by atoms with van der Waals surface area (Å²) in [4.78, 5) is 5.51. The molecule has 0 saturated carbocycles. The van der Waals surface area contributed by atoms with Crippen LogP contribution >= 0.6 is 27.3 Å². The predicted molar refractivity (Wildman–Crippen MR) is 86.0 cm³/mol. The van der Waals surface area contributed by atoms with Crippen LogP contribution in [0.2, 0.25) is 0 Å². The summed E-state index contributed by atoms with van der Waals surface area (Å²) in [6, 6.07) is 8.32. The molecule has 0 aliphatic heterocycles. The van der Waals surface area contributed by atoms with Crippen LogP contribution in [0.5, 0.6) is 0 Å². The van der Waals surface area contributed by atoms with E-state index in [0.717, 1.165) is 32.8 Å². The number of hydrogen-bond donors (Lipinski definition) is 1. The quantitative estimate of drug-likeness (QED) is 0.733. The minimum Gasteiger partial charge on any atom is -0.459 e. The Kier molecular flexibility index (Phi) is 3.92. The molecule has 2 heterocycles. The van der Waals surface area contributed by atoms with Gasteiger partial charge < -0.3 is 9.73 Å². The predicted octanol–water partition coefficient (Wildman–Crippen LogP) is 4.81. The molecule has 20 heavy (non-hydrogen) atoms. The molecule has 0 spiro atoms. The van der Waals surface area contributed by atoms with Crippen LogP contribution < -0.4 is 5.32 Å². The Balaban J connectivity index is 1.73. The number of rotatable bonds is 4. The zero-order chi connectivity index (χ0) is 14.1. The van der Waals surface area contributed by atoms with E-state index in [1.807, 2.05) is 25.3 Å². The first-order valence-electron chi connectivity index (χ1n) is 6.45. The number of thiazole rings is 1. The van der Waals surface area contributed by atoms with Gasteiger partial charge in [-0.1, -0.05) is 15.9 Å². The maximum atomic E-state index is 5.88. The molecular formula is C15H15BrN2OS. The van der Waals surface area contributed by atoms with E-state index < -0.39 is 0 Å². The van der Waals surface area contributed by atoms with Crippen LogP contribution in [0.3, 0.4) is 0 Å². The van der Waals surface area contributed by atoms with Crippen molar-refractivity contribution in [3.8, 4) is 0 Å². The van der Waals surface area contributed by atoms with Crippen molar-refractivity contribution in [1.29, 1.82) is 0 Å². The molecule has 0 saturated heterocycles. The summed E-state index contributed by atoms with van der Waals surface area (Å²) in [6.45, 7) is 4.95. The van der Waals surface area contributed by atoms with Gasteiger partial charge in [0.1, 0.15) is 11.3 Å². The summed E-state index contributed by atoms with van der Waals surface area (Å²) in [7, 11) is 0. The third-order valence-electron chi connectivity index (χ3n) is 3.18. The number of furan rings is 1. The second-order valence-corrected chi connectivity index (χ2v) is 7.01. The molecule has 104 valence electrons. The Morgan fingerprint density at radius 2 is 2.25 bits per heavy atom. The molecule has 3 rings (SSSR count). The van der Waals surface area contributed by atoms with Gasteiger partial charge in [-0.2, -0.15) is 0 Å². The summed E-state index contributed by atoms with van der Waals surface area (Å²) < 4.78 is 6.95. The van der Waals surface area contributed by atoms with Gasteiger partial charge in [0.05, 0.1) is 11.0 Å². The van der Waals surface area contributed by atoms with Crippen molar-refractivity contribution in [2.45, 2.75) is 26.4 Å². The van der Waals surface area contributed by atoms with Crippen molar-refractivity contribution in [3.63, 3.8) is 0 Å². The highest BCUT2D eigenvalue weighted by molar-refractivity contribution is 9.10. The fourth-order valence-corrected chi connectivity index (χ4v) is 3.21. The first kappa shape index (κ1) is 13.8. The molecule has 3 nitrogen and oxygen atoms in total. The molecular weight excluding hydrogens is 336 g/mol. The highest BCUT2D eigenvalue weighted by Crippen LogP contribution is 2.26. The Morgan fingerprint density at radius 3 is 3.00 bits per heavy atom. The zero-order valence-electron chi connectivity index (χ0n) is 11.3. The molecule has 0 amide bonds. The van der Waals surface area contributed by atoms with Gasteiger partial charge in [-0.25, -0.2) is 4.98 Å². The molecule has 0 bridgehead atoms. The standard InChI is InChI=1S/C15H15BrN2OS/c1-9(17-7-13-8-18-10(2)20-13)15-6-11-5-12(16)3-4-14(11)19-15/h3-6,8-9,17H,7H2,1-2H3. The molecule has 1 N–H and O–H groups in total. The Labute approximate surface area is 130 Å². The lowest BCUT2D eigenvalue weighted by Gasteiger charge is -2.09. The summed E-state index contributed by atoms with van der Waals surface area (Å²) in [5.41, 5.74) is 0.922. The van der Waals surface area contributed by atoms with E-state index in [-0.39, 0.29) is 6.04 Å². The van der Waals surface area contributed by atoms with E-state index in [9.17, 15) is 0 Å². The van der Waals surface area contributed by atoms with Crippen molar-refractivity contribution < 1.29 is 4.42 Å². The van der Waals surface area contributed by atoms with Crippen molar-refractivity contribution in [3.05, 3.63) is 50.6 Å². The zero-order valence-corrected chi connectivity index (χ0v) is 13.7. The van der Waals surface area contributed by atoms with Gasteiger partial charge >= 0.3 is 0 Å². The van der Waals surface area contributed by atoms with Crippen LogP contribution in [-0.2, 0) is 6.54 Å². The third-order valence-corrected chi connectivity index (χ3v) is 4.58. The fourth-order valence-electron chi connectivity index (χ4n) is 2.09. The van der Waals surface area contributed by atoms with Crippen LogP contribution in [0.4, 0.5) is 0 Å². The Morgan fingerprint density at radius 1 is 1.40 bits per heavy atom. The number of aryl methyl sites for hydroxylation is 1. The monoisotopic (exact) mass is 350 g/mol. The minimum absolute atomic E-state index is 0.170. The summed E-state index contributed by atoms with van der Waals surface area (Å²) in [5.74, 6) is 0.958. The number of halogens is 1. The average Bonchev–Trinajstić information content (AvgIpc) is 3.01. The molecule has 0 fully saturated rings. The molecule has 0 radical (unpaired) electrons. The van der Waals surface area contributed by atoms with Gasteiger partial charge in [0.2, 0.25) is 0 Å². The van der Waals surface area contributed by atoms with Gasteiger partial charge in [-0.05, 0) is 38.1 Å². The summed E-state index contributed by atoms with van der Waals surface area (Å²) in [5, 5.41) is 5.69. The van der Waals surface area contributed by atoms with Gasteiger partial charge in [-0.3, -0.25) is 0 Å². The smallest absolute Gasteiger partial charge is 0.134 e. The third kappa shape index (κ3) is 2.95. The van der Waals surface area contributed by atoms with Crippen LogP contribution in [0.25, 0.3) is 11.0 Å². The lowest BCUT2D eigenvalue weighted by molar-refractivity contribution is 0.452. The molecule has 2 aromatic heterocycles. The van der Waals surface area contributed by atoms with Crippen molar-refractivity contribution in [2.75, 3.05) is 0 Å². The van der Waals surface area contributed by atoms with Crippen LogP contribution in [0, 0.1) is 6.92 Å². The molecule has 5 heteroatoms. The SMILES string of the molecule is Cc1ncc(CNC(C)c2cc3cc(Br)ccc3o2)s1. The van der Waals surface area contributed by atoms with E-state index in [4.69, 9.17) is 4.42 Å². The molecule has 0 aliphatic rings. The van der Waals surface area contributed by atoms with Gasteiger partial charge in [0, 0.05) is 27.5 Å². The van der Waals surface area contributed by atoms with Crippen LogP contribution in [0.15, 0.2) is 39.4 Å². The number of nitrogens with zero attached hydrogens (tertiary/aromatic N) is 1. The first-order chi connectivity index (χ1) is 9.61. The number of hydrogen-bond acceptors (Lipinski definition) is 4. The van der Waals surface area contributed by atoms with Gasteiger partial charge in [-0.15, -0.1) is 11.3 Å².